The minimum atomic E-state index is -4.67. The fourth-order valence-electron chi connectivity index (χ4n) is 2.24. The second-order valence-electron chi connectivity index (χ2n) is 5.93. The van der Waals surface area contributed by atoms with Crippen LogP contribution in [0.4, 0.5) is 13.2 Å². The maximum Gasteiger partial charge on any atom is 0.417 e. The summed E-state index contributed by atoms with van der Waals surface area (Å²) in [6.07, 6.45) is -1.68. The predicted molar refractivity (Wildman–Crippen MR) is 103 cm³/mol. The van der Waals surface area contributed by atoms with Crippen LogP contribution in [-0.2, 0) is 20.5 Å². The molecule has 0 heterocycles. The Bertz CT molecular complexity index is 989. The molecule has 0 saturated carbocycles. The van der Waals surface area contributed by atoms with Crippen molar-refractivity contribution < 1.29 is 37.0 Å². The van der Waals surface area contributed by atoms with E-state index in [1.807, 2.05) is 0 Å². The second kappa shape index (κ2) is 9.60. The van der Waals surface area contributed by atoms with Crippen LogP contribution < -0.4 is 9.47 Å². The van der Waals surface area contributed by atoms with Crippen LogP contribution in [0.3, 0.4) is 0 Å². The lowest BCUT2D eigenvalue weighted by atomic mass is 9.99. The minimum Gasteiger partial charge on any atom is -0.462 e. The smallest absolute Gasteiger partial charge is 0.417 e. The average molecular weight is 418 g/mol. The van der Waals surface area contributed by atoms with Crippen molar-refractivity contribution in [3.8, 4) is 22.6 Å². The van der Waals surface area contributed by atoms with Gasteiger partial charge in [0.2, 0.25) is 0 Å². The summed E-state index contributed by atoms with van der Waals surface area (Å²) in [5, 5.41) is 0. The van der Waals surface area contributed by atoms with E-state index in [2.05, 4.69) is 13.2 Å². The summed E-state index contributed by atoms with van der Waals surface area (Å²) in [6.45, 7) is 8.11. The molecule has 0 atom stereocenters. The van der Waals surface area contributed by atoms with E-state index in [-0.39, 0.29) is 22.4 Å². The van der Waals surface area contributed by atoms with Crippen LogP contribution in [-0.4, -0.2) is 11.9 Å². The summed E-state index contributed by atoms with van der Waals surface area (Å²) in [6, 6.07) is 8.99. The summed E-state index contributed by atoms with van der Waals surface area (Å²) >= 11 is 0. The maximum absolute atomic E-state index is 13.5. The highest BCUT2D eigenvalue weighted by Gasteiger charge is 2.34. The van der Waals surface area contributed by atoms with Gasteiger partial charge in [0.05, 0.1) is 5.56 Å². The molecule has 0 aliphatic carbocycles. The molecule has 2 aromatic carbocycles. The number of hydrogen-bond donors (Lipinski definition) is 0. The third kappa shape index (κ3) is 6.10. The molecule has 0 unspecified atom stereocenters. The standard InChI is InChI=1S/C22H17F3O5/c1-4-20(26)30-17-9-10-18(19(13-17)22(23,24)25)15-5-7-16(8-6-15)28-11-12-29-21(27)14(2)3/h4-13H,1-2H2,3H3/b12-11-. The van der Waals surface area contributed by atoms with E-state index in [0.717, 1.165) is 24.7 Å². The van der Waals surface area contributed by atoms with Gasteiger partial charge in [-0.1, -0.05) is 31.4 Å². The lowest BCUT2D eigenvalue weighted by Gasteiger charge is -2.15. The summed E-state index contributed by atoms with van der Waals surface area (Å²) < 4.78 is 55.2. The lowest BCUT2D eigenvalue weighted by molar-refractivity contribution is -0.137. The molecule has 8 heteroatoms. The maximum atomic E-state index is 13.5. The summed E-state index contributed by atoms with van der Waals surface area (Å²) in [5.74, 6) is -1.41. The molecular formula is C22H17F3O5. The molecule has 0 fully saturated rings. The summed E-state index contributed by atoms with van der Waals surface area (Å²) in [7, 11) is 0. The van der Waals surface area contributed by atoms with E-state index >= 15 is 0 Å². The molecular weight excluding hydrogens is 401 g/mol. The normalized spacial score (nSPS) is 11.1. The quantitative estimate of drug-likeness (QED) is 0.260. The highest BCUT2D eigenvalue weighted by molar-refractivity contribution is 5.87. The SMILES string of the molecule is C=CC(=O)Oc1ccc(-c2ccc(O/C=C\OC(=O)C(=C)C)cc2)c(C(F)(F)F)c1. The molecule has 0 saturated heterocycles. The number of carbonyl (C=O) groups is 2. The first-order valence-electron chi connectivity index (χ1n) is 8.46. The van der Waals surface area contributed by atoms with Crippen molar-refractivity contribution in [3.63, 3.8) is 0 Å². The van der Waals surface area contributed by atoms with Crippen molar-refractivity contribution in [2.24, 2.45) is 0 Å². The van der Waals surface area contributed by atoms with Gasteiger partial charge in [0.25, 0.3) is 0 Å². The molecule has 0 radical (unpaired) electrons. The van der Waals surface area contributed by atoms with E-state index in [1.165, 1.54) is 43.3 Å². The number of hydrogen-bond acceptors (Lipinski definition) is 5. The van der Waals surface area contributed by atoms with Gasteiger partial charge >= 0.3 is 18.1 Å². The van der Waals surface area contributed by atoms with Gasteiger partial charge in [-0.2, -0.15) is 13.2 Å². The Balaban J connectivity index is 2.21. The zero-order chi connectivity index (χ0) is 22.3. The minimum absolute atomic E-state index is 0.0987. The lowest BCUT2D eigenvalue weighted by Crippen LogP contribution is -2.09. The van der Waals surface area contributed by atoms with Gasteiger partial charge < -0.3 is 14.2 Å². The Morgan fingerprint density at radius 3 is 2.20 bits per heavy atom. The van der Waals surface area contributed by atoms with Crippen LogP contribution in [0.1, 0.15) is 12.5 Å². The number of carbonyl (C=O) groups excluding carboxylic acids is 2. The highest BCUT2D eigenvalue weighted by atomic mass is 19.4. The second-order valence-corrected chi connectivity index (χ2v) is 5.93. The number of halogens is 3. The van der Waals surface area contributed by atoms with Gasteiger partial charge in [0.1, 0.15) is 24.0 Å². The van der Waals surface area contributed by atoms with Crippen molar-refractivity contribution in [3.05, 3.63) is 85.4 Å². The number of rotatable bonds is 7. The molecule has 0 aromatic heterocycles. The van der Waals surface area contributed by atoms with Gasteiger partial charge in [-0.15, -0.1) is 0 Å². The van der Waals surface area contributed by atoms with Gasteiger partial charge in [-0.3, -0.25) is 0 Å². The molecule has 0 aliphatic heterocycles. The molecule has 2 aromatic rings. The first kappa shape index (κ1) is 22.5. The zero-order valence-corrected chi connectivity index (χ0v) is 15.9. The van der Waals surface area contributed by atoms with Gasteiger partial charge in [-0.05, 0) is 42.3 Å². The van der Waals surface area contributed by atoms with Gasteiger partial charge in [-0.25, -0.2) is 9.59 Å². The monoisotopic (exact) mass is 418 g/mol. The molecule has 0 N–H and O–H groups in total. The van der Waals surface area contributed by atoms with Gasteiger partial charge in [0, 0.05) is 11.6 Å². The van der Waals surface area contributed by atoms with Crippen molar-refractivity contribution in [1.82, 2.24) is 0 Å². The average Bonchev–Trinajstić information content (AvgIpc) is 2.70. The Morgan fingerprint density at radius 2 is 1.63 bits per heavy atom. The predicted octanol–water partition coefficient (Wildman–Crippen LogP) is 5.43. The first-order chi connectivity index (χ1) is 14.1. The summed E-state index contributed by atoms with van der Waals surface area (Å²) in [5.41, 5.74) is -0.570. The van der Waals surface area contributed by atoms with Crippen LogP contribution >= 0.6 is 0 Å². The largest absolute Gasteiger partial charge is 0.462 e. The Hall–Kier alpha value is -3.81. The fourth-order valence-corrected chi connectivity index (χ4v) is 2.24. The van der Waals surface area contributed by atoms with Crippen LogP contribution in [0.2, 0.25) is 0 Å². The van der Waals surface area contributed by atoms with E-state index in [0.29, 0.717) is 5.75 Å². The molecule has 30 heavy (non-hydrogen) atoms. The fraction of sp³-hybridized carbons (Fsp3) is 0.0909. The molecule has 0 spiro atoms. The third-order valence-corrected chi connectivity index (χ3v) is 3.63. The molecule has 156 valence electrons. The van der Waals surface area contributed by atoms with Crippen molar-refractivity contribution >= 4 is 11.9 Å². The number of ether oxygens (including phenoxy) is 3. The molecule has 0 bridgehead atoms. The van der Waals surface area contributed by atoms with Crippen LogP contribution in [0.25, 0.3) is 11.1 Å². The van der Waals surface area contributed by atoms with E-state index in [1.54, 1.807) is 0 Å². The number of alkyl halides is 3. The van der Waals surface area contributed by atoms with Crippen LogP contribution in [0.15, 0.2) is 79.8 Å². The summed E-state index contributed by atoms with van der Waals surface area (Å²) in [4.78, 5) is 22.5. The Morgan fingerprint density at radius 1 is 1.00 bits per heavy atom. The third-order valence-electron chi connectivity index (χ3n) is 3.63. The van der Waals surface area contributed by atoms with Crippen molar-refractivity contribution in [2.45, 2.75) is 13.1 Å². The zero-order valence-electron chi connectivity index (χ0n) is 15.9. The molecule has 0 aliphatic rings. The topological polar surface area (TPSA) is 61.8 Å². The van der Waals surface area contributed by atoms with Crippen molar-refractivity contribution in [2.75, 3.05) is 0 Å². The van der Waals surface area contributed by atoms with E-state index < -0.39 is 23.7 Å². The Labute approximate surface area is 170 Å². The van der Waals surface area contributed by atoms with E-state index in [4.69, 9.17) is 14.2 Å². The van der Waals surface area contributed by atoms with Crippen molar-refractivity contribution in [1.29, 1.82) is 0 Å². The first-order valence-corrected chi connectivity index (χ1v) is 8.46. The van der Waals surface area contributed by atoms with Crippen LogP contribution in [0.5, 0.6) is 11.5 Å². The van der Waals surface area contributed by atoms with Crippen LogP contribution in [0, 0.1) is 0 Å². The number of benzene rings is 2. The highest BCUT2D eigenvalue weighted by Crippen LogP contribution is 2.39. The number of esters is 2. The Kier molecular flexibility index (Phi) is 7.19. The molecule has 2 rings (SSSR count). The molecule has 5 nitrogen and oxygen atoms in total. The van der Waals surface area contributed by atoms with E-state index in [9.17, 15) is 22.8 Å². The molecule has 0 amide bonds. The van der Waals surface area contributed by atoms with Gasteiger partial charge in [0.15, 0.2) is 0 Å².